The van der Waals surface area contributed by atoms with Crippen molar-refractivity contribution in [2.75, 3.05) is 13.1 Å². The van der Waals surface area contributed by atoms with Crippen LogP contribution in [0.25, 0.3) is 0 Å². The van der Waals surface area contributed by atoms with Crippen molar-refractivity contribution < 1.29 is 0 Å². The molecular formula is C17H21N3. The molecule has 0 bridgehead atoms. The number of nitrogens with one attached hydrogen (secondary N) is 1. The lowest BCUT2D eigenvalue weighted by Crippen LogP contribution is -2.30. The zero-order chi connectivity index (χ0) is 13.4. The van der Waals surface area contributed by atoms with Crippen LogP contribution in [0, 0.1) is 0 Å². The fourth-order valence-electron chi connectivity index (χ4n) is 3.69. The Labute approximate surface area is 120 Å². The maximum absolute atomic E-state index is 4.40. The van der Waals surface area contributed by atoms with Gasteiger partial charge in [0.2, 0.25) is 0 Å². The zero-order valence-electron chi connectivity index (χ0n) is 11.8. The fraction of sp³-hybridized carbons (Fsp3) is 0.471. The molecule has 1 N–H and O–H groups in total. The van der Waals surface area contributed by atoms with Crippen molar-refractivity contribution in [3.63, 3.8) is 0 Å². The minimum absolute atomic E-state index is 0.640. The van der Waals surface area contributed by atoms with E-state index in [1.807, 2.05) is 6.33 Å². The van der Waals surface area contributed by atoms with Gasteiger partial charge in [-0.2, -0.15) is 0 Å². The molecule has 3 heteroatoms. The van der Waals surface area contributed by atoms with Crippen molar-refractivity contribution in [1.82, 2.24) is 14.9 Å². The summed E-state index contributed by atoms with van der Waals surface area (Å²) in [4.78, 5) is 4.40. The number of rotatable bonds is 3. The van der Waals surface area contributed by atoms with Crippen LogP contribution in [0.4, 0.5) is 0 Å². The maximum atomic E-state index is 4.40. The number of imidazole rings is 1. The lowest BCUT2D eigenvalue weighted by atomic mass is 9.77. The molecule has 1 aromatic heterocycles. The van der Waals surface area contributed by atoms with Gasteiger partial charge in [0.15, 0.2) is 0 Å². The minimum atomic E-state index is 0.640. The highest BCUT2D eigenvalue weighted by atomic mass is 15.1. The van der Waals surface area contributed by atoms with Crippen molar-refractivity contribution in [3.05, 3.63) is 53.6 Å². The van der Waals surface area contributed by atoms with Gasteiger partial charge in [0.1, 0.15) is 0 Å². The number of hydrogen-bond donors (Lipinski definition) is 1. The Morgan fingerprint density at radius 3 is 3.10 bits per heavy atom. The normalized spacial score (nSPS) is 25.0. The quantitative estimate of drug-likeness (QED) is 0.926. The Balaban J connectivity index is 1.52. The van der Waals surface area contributed by atoms with E-state index in [0.29, 0.717) is 11.8 Å². The Morgan fingerprint density at radius 1 is 1.30 bits per heavy atom. The zero-order valence-corrected chi connectivity index (χ0v) is 11.8. The third-order valence-electron chi connectivity index (χ3n) is 4.84. The van der Waals surface area contributed by atoms with E-state index in [9.17, 15) is 0 Å². The van der Waals surface area contributed by atoms with Gasteiger partial charge in [-0.1, -0.05) is 24.3 Å². The second kappa shape index (κ2) is 5.06. The number of benzene rings is 1. The van der Waals surface area contributed by atoms with E-state index in [1.165, 1.54) is 42.6 Å². The van der Waals surface area contributed by atoms with Gasteiger partial charge in [-0.3, -0.25) is 0 Å². The molecule has 20 heavy (non-hydrogen) atoms. The monoisotopic (exact) mass is 267 g/mol. The molecule has 0 radical (unpaired) electrons. The third kappa shape index (κ3) is 2.06. The number of nitrogens with zero attached hydrogens (tertiary/aromatic N) is 2. The van der Waals surface area contributed by atoms with Crippen LogP contribution in [0.2, 0.25) is 0 Å². The van der Waals surface area contributed by atoms with E-state index in [-0.39, 0.29) is 0 Å². The van der Waals surface area contributed by atoms with Crippen molar-refractivity contribution in [2.24, 2.45) is 0 Å². The molecule has 4 rings (SSSR count). The average molecular weight is 267 g/mol. The highest BCUT2D eigenvalue weighted by Gasteiger charge is 2.27. The van der Waals surface area contributed by atoms with E-state index >= 15 is 0 Å². The molecule has 0 amide bonds. The van der Waals surface area contributed by atoms with Crippen molar-refractivity contribution >= 4 is 0 Å². The van der Waals surface area contributed by atoms with Gasteiger partial charge in [-0.05, 0) is 36.9 Å². The first-order valence-corrected chi connectivity index (χ1v) is 7.70. The summed E-state index contributed by atoms with van der Waals surface area (Å²) in [6.45, 7) is 3.36. The van der Waals surface area contributed by atoms with Crippen LogP contribution in [0.3, 0.4) is 0 Å². The van der Waals surface area contributed by atoms with Gasteiger partial charge < -0.3 is 9.88 Å². The smallest absolute Gasteiger partial charge is 0.0948 e. The first-order valence-electron chi connectivity index (χ1n) is 7.70. The molecule has 1 saturated heterocycles. The summed E-state index contributed by atoms with van der Waals surface area (Å²) >= 11 is 0. The molecule has 0 saturated carbocycles. The van der Waals surface area contributed by atoms with Crippen LogP contribution in [-0.2, 0) is 13.0 Å². The highest BCUT2D eigenvalue weighted by Crippen LogP contribution is 2.36. The lowest BCUT2D eigenvalue weighted by Gasteiger charge is -2.32. The number of hydrogen-bond acceptors (Lipinski definition) is 2. The summed E-state index contributed by atoms with van der Waals surface area (Å²) in [6.07, 6.45) is 7.88. The molecule has 1 aliphatic heterocycles. The average Bonchev–Trinajstić information content (AvgIpc) is 2.94. The van der Waals surface area contributed by atoms with Gasteiger partial charge in [-0.25, -0.2) is 4.98 Å². The summed E-state index contributed by atoms with van der Waals surface area (Å²) in [6, 6.07) is 8.84. The first-order chi connectivity index (χ1) is 9.92. The van der Waals surface area contributed by atoms with E-state index in [2.05, 4.69) is 45.3 Å². The molecule has 2 unspecified atom stereocenters. The number of aromatic nitrogens is 2. The van der Waals surface area contributed by atoms with E-state index in [4.69, 9.17) is 0 Å². The largest absolute Gasteiger partial charge is 0.334 e. The summed E-state index contributed by atoms with van der Waals surface area (Å²) in [5.74, 6) is 1.32. The predicted octanol–water partition coefficient (Wildman–Crippen LogP) is 2.69. The molecule has 1 aliphatic carbocycles. The van der Waals surface area contributed by atoms with E-state index < -0.39 is 0 Å². The molecule has 2 heterocycles. The molecule has 2 aliphatic rings. The van der Waals surface area contributed by atoms with Crippen LogP contribution in [0.15, 0.2) is 36.8 Å². The Morgan fingerprint density at radius 2 is 2.25 bits per heavy atom. The molecule has 1 fully saturated rings. The van der Waals surface area contributed by atoms with Crippen LogP contribution in [-0.4, -0.2) is 22.6 Å². The summed E-state index contributed by atoms with van der Waals surface area (Å²) < 4.78 is 2.39. The van der Waals surface area contributed by atoms with Crippen LogP contribution >= 0.6 is 0 Å². The maximum Gasteiger partial charge on any atom is 0.0948 e. The Hall–Kier alpha value is -1.61. The lowest BCUT2D eigenvalue weighted by molar-refractivity contribution is 0.425. The number of piperidine rings is 1. The second-order valence-electron chi connectivity index (χ2n) is 6.11. The Bertz CT molecular complexity index is 596. The van der Waals surface area contributed by atoms with Crippen LogP contribution in [0.1, 0.15) is 41.5 Å². The summed E-state index contributed by atoms with van der Waals surface area (Å²) in [5.41, 5.74) is 4.48. The van der Waals surface area contributed by atoms with E-state index in [0.717, 1.165) is 13.1 Å². The summed E-state index contributed by atoms with van der Waals surface area (Å²) in [7, 11) is 0. The predicted molar refractivity (Wildman–Crippen MR) is 80.0 cm³/mol. The van der Waals surface area contributed by atoms with E-state index in [1.54, 1.807) is 0 Å². The second-order valence-corrected chi connectivity index (χ2v) is 6.11. The molecule has 2 atom stereocenters. The molecular weight excluding hydrogens is 246 g/mol. The highest BCUT2D eigenvalue weighted by molar-refractivity contribution is 5.39. The number of fused-ring (bicyclic) bond motifs is 1. The van der Waals surface area contributed by atoms with Crippen LogP contribution in [0.5, 0.6) is 0 Å². The van der Waals surface area contributed by atoms with Crippen LogP contribution < -0.4 is 5.32 Å². The SMILES string of the molecule is c1ccc2c(c1)CC2Cn1cncc1C1CCCNC1. The van der Waals surface area contributed by atoms with Crippen molar-refractivity contribution in [3.8, 4) is 0 Å². The van der Waals surface area contributed by atoms with Gasteiger partial charge in [-0.15, -0.1) is 0 Å². The first kappa shape index (κ1) is 12.2. The molecule has 1 aromatic carbocycles. The molecule has 3 nitrogen and oxygen atoms in total. The van der Waals surface area contributed by atoms with Crippen molar-refractivity contribution in [1.29, 1.82) is 0 Å². The summed E-state index contributed by atoms with van der Waals surface area (Å²) in [5, 5.41) is 3.51. The molecule has 0 spiro atoms. The minimum Gasteiger partial charge on any atom is -0.334 e. The van der Waals surface area contributed by atoms with Crippen molar-refractivity contribution in [2.45, 2.75) is 37.6 Å². The van der Waals surface area contributed by atoms with Gasteiger partial charge in [0, 0.05) is 36.8 Å². The topological polar surface area (TPSA) is 29.9 Å². The fourth-order valence-corrected chi connectivity index (χ4v) is 3.69. The standard InChI is InChI=1S/C17H21N3/c1-2-6-16-13(4-1)8-15(16)11-20-12-19-10-17(20)14-5-3-7-18-9-14/h1-2,4,6,10,12,14-15,18H,3,5,7-9,11H2. The Kier molecular flexibility index (Phi) is 3.07. The third-order valence-corrected chi connectivity index (χ3v) is 4.84. The van der Waals surface area contributed by atoms with Gasteiger partial charge in [0.05, 0.1) is 6.33 Å². The molecule has 2 aromatic rings. The van der Waals surface area contributed by atoms with Gasteiger partial charge >= 0.3 is 0 Å². The molecule has 104 valence electrons. The van der Waals surface area contributed by atoms with Gasteiger partial charge in [0.25, 0.3) is 0 Å².